The monoisotopic (exact) mass is 461 g/mol. The van der Waals surface area contributed by atoms with Crippen LogP contribution >= 0.6 is 0 Å². The Hall–Kier alpha value is -3.58. The number of benzene rings is 2. The fraction of sp³-hybridized carbons (Fsp3) is 0.333. The summed E-state index contributed by atoms with van der Waals surface area (Å²) < 4.78 is 9.18. The highest BCUT2D eigenvalue weighted by atomic mass is 16.5. The number of anilines is 1. The Labute approximate surface area is 201 Å². The van der Waals surface area contributed by atoms with Crippen molar-refractivity contribution in [3.05, 3.63) is 83.6 Å². The molecule has 0 amide bonds. The number of hydrogen-bond donors (Lipinski definition) is 3. The van der Waals surface area contributed by atoms with Crippen LogP contribution in [-0.4, -0.2) is 27.9 Å². The maximum Gasteiger partial charge on any atom is 0.335 e. The van der Waals surface area contributed by atoms with Crippen molar-refractivity contribution in [2.24, 2.45) is 0 Å². The number of rotatable bonds is 8. The Morgan fingerprint density at radius 2 is 1.79 bits per heavy atom. The van der Waals surface area contributed by atoms with E-state index in [1.54, 1.807) is 22.3 Å². The number of imidazole rings is 1. The van der Waals surface area contributed by atoms with E-state index in [1.165, 1.54) is 12.8 Å². The molecule has 1 aliphatic rings. The van der Waals surface area contributed by atoms with Gasteiger partial charge in [-0.05, 0) is 62.5 Å². The highest BCUT2D eigenvalue weighted by Crippen LogP contribution is 2.27. The Morgan fingerprint density at radius 1 is 1.15 bits per heavy atom. The second-order valence-corrected chi connectivity index (χ2v) is 8.21. The van der Waals surface area contributed by atoms with E-state index in [0.717, 1.165) is 25.3 Å². The summed E-state index contributed by atoms with van der Waals surface area (Å²) in [5, 5.41) is 14.7. The number of ether oxygens (including phenoxy) is 1. The summed E-state index contributed by atoms with van der Waals surface area (Å²) in [7, 11) is 0. The molecule has 1 saturated heterocycles. The minimum Gasteiger partial charge on any atom is -0.457 e. The van der Waals surface area contributed by atoms with Crippen LogP contribution in [-0.2, 0) is 0 Å². The zero-order valence-corrected chi connectivity index (χ0v) is 20.3. The maximum atomic E-state index is 13.4. The van der Waals surface area contributed by atoms with Gasteiger partial charge in [-0.15, -0.1) is 0 Å². The molecule has 0 radical (unpaired) electrons. The van der Waals surface area contributed by atoms with Crippen molar-refractivity contribution in [1.29, 1.82) is 5.41 Å². The molecule has 2 aromatic carbocycles. The van der Waals surface area contributed by atoms with Crippen molar-refractivity contribution in [3.63, 3.8) is 0 Å². The molecule has 2 heterocycles. The van der Waals surface area contributed by atoms with E-state index >= 15 is 0 Å². The minimum atomic E-state index is -0.175. The standard InChI is InChI=1S/C23H25N5O2.C4H10/c1-3-26-22-21(16(2)24)27(23(29)28(22)18-13-14-25-15-18)17-9-11-20(12-10-17)30-19-7-5-4-6-8-19;1-3-4-2/h3-12,18,24-26H,1,13-15H2,2H3;3-4H2,1-2H3. The number of para-hydroxylation sites is 1. The van der Waals surface area contributed by atoms with Crippen molar-refractivity contribution in [2.75, 3.05) is 18.4 Å². The average molecular weight is 462 g/mol. The number of nitrogens with zero attached hydrogens (tertiary/aromatic N) is 2. The van der Waals surface area contributed by atoms with Gasteiger partial charge >= 0.3 is 5.69 Å². The van der Waals surface area contributed by atoms with Gasteiger partial charge in [-0.3, -0.25) is 9.13 Å². The number of aromatic nitrogens is 2. The van der Waals surface area contributed by atoms with Crippen LogP contribution in [0.15, 0.2) is 72.2 Å². The van der Waals surface area contributed by atoms with Crippen LogP contribution in [0.1, 0.15) is 51.8 Å². The molecule has 34 heavy (non-hydrogen) atoms. The summed E-state index contributed by atoms with van der Waals surface area (Å²) in [5.74, 6) is 2.02. The van der Waals surface area contributed by atoms with Crippen molar-refractivity contribution in [1.82, 2.24) is 14.5 Å². The van der Waals surface area contributed by atoms with Gasteiger partial charge in [0, 0.05) is 6.54 Å². The highest BCUT2D eigenvalue weighted by Gasteiger charge is 2.28. The van der Waals surface area contributed by atoms with Crippen molar-refractivity contribution < 1.29 is 4.74 Å². The van der Waals surface area contributed by atoms with E-state index in [9.17, 15) is 4.79 Å². The van der Waals surface area contributed by atoms with E-state index < -0.39 is 0 Å². The molecule has 7 nitrogen and oxygen atoms in total. The minimum absolute atomic E-state index is 0.0278. The van der Waals surface area contributed by atoms with Crippen LogP contribution < -0.4 is 21.1 Å². The van der Waals surface area contributed by atoms with Gasteiger partial charge in [-0.1, -0.05) is 51.5 Å². The molecule has 0 saturated carbocycles. The van der Waals surface area contributed by atoms with Gasteiger partial charge in [0.15, 0.2) is 0 Å². The summed E-state index contributed by atoms with van der Waals surface area (Å²) in [6.07, 6.45) is 5.04. The van der Waals surface area contributed by atoms with Crippen LogP contribution in [0.25, 0.3) is 5.69 Å². The average Bonchev–Trinajstić information content (AvgIpc) is 3.47. The Balaban J connectivity index is 0.000000751. The molecule has 1 aromatic heterocycles. The molecule has 1 atom stereocenters. The quantitative estimate of drug-likeness (QED) is 0.375. The normalized spacial score (nSPS) is 14.7. The molecule has 180 valence electrons. The maximum absolute atomic E-state index is 13.4. The zero-order chi connectivity index (χ0) is 24.5. The summed E-state index contributed by atoms with van der Waals surface area (Å²) in [6.45, 7) is 11.4. The van der Waals surface area contributed by atoms with Crippen LogP contribution in [0.2, 0.25) is 0 Å². The van der Waals surface area contributed by atoms with Gasteiger partial charge in [-0.2, -0.15) is 0 Å². The van der Waals surface area contributed by atoms with Gasteiger partial charge in [0.2, 0.25) is 0 Å². The SMILES string of the molecule is C=CNc1c(C(C)=N)n(-c2ccc(Oc3ccccc3)cc2)c(=O)n1C1CCNC1.CCCC. The number of nitrogens with one attached hydrogen (secondary N) is 3. The van der Waals surface area contributed by atoms with E-state index in [0.29, 0.717) is 28.7 Å². The number of hydrogen-bond acceptors (Lipinski definition) is 5. The number of unbranched alkanes of at least 4 members (excludes halogenated alkanes) is 1. The lowest BCUT2D eigenvalue weighted by Gasteiger charge is -2.14. The third kappa shape index (κ3) is 5.66. The van der Waals surface area contributed by atoms with E-state index in [-0.39, 0.29) is 11.7 Å². The lowest BCUT2D eigenvalue weighted by molar-refractivity contribution is 0.482. The Bertz CT molecular complexity index is 1140. The molecule has 1 aliphatic heterocycles. The molecule has 3 N–H and O–H groups in total. The molecule has 0 spiro atoms. The first-order valence-corrected chi connectivity index (χ1v) is 11.9. The van der Waals surface area contributed by atoms with Gasteiger partial charge < -0.3 is 20.8 Å². The molecule has 1 unspecified atom stereocenters. The van der Waals surface area contributed by atoms with Crippen LogP contribution in [0.5, 0.6) is 11.5 Å². The second kappa shape index (κ2) is 12.0. The lowest BCUT2D eigenvalue weighted by Crippen LogP contribution is -2.29. The molecular formula is C27H35N5O2. The molecule has 7 heteroatoms. The second-order valence-electron chi connectivity index (χ2n) is 8.21. The van der Waals surface area contributed by atoms with Crippen LogP contribution in [0, 0.1) is 5.41 Å². The van der Waals surface area contributed by atoms with Gasteiger partial charge in [0.05, 0.1) is 17.4 Å². The molecule has 3 aromatic rings. The summed E-state index contributed by atoms with van der Waals surface area (Å²) in [6, 6.07) is 16.9. The smallest absolute Gasteiger partial charge is 0.335 e. The predicted octanol–water partition coefficient (Wildman–Crippen LogP) is 5.72. The van der Waals surface area contributed by atoms with Crippen molar-refractivity contribution in [3.8, 4) is 17.2 Å². The predicted molar refractivity (Wildman–Crippen MR) is 140 cm³/mol. The summed E-state index contributed by atoms with van der Waals surface area (Å²) in [4.78, 5) is 13.4. The Morgan fingerprint density at radius 3 is 2.32 bits per heavy atom. The molecule has 1 fully saturated rings. The summed E-state index contributed by atoms with van der Waals surface area (Å²) in [5.41, 5.74) is 1.33. The van der Waals surface area contributed by atoms with Crippen LogP contribution in [0.4, 0.5) is 5.82 Å². The van der Waals surface area contributed by atoms with Gasteiger partial charge in [0.25, 0.3) is 0 Å². The molecule has 0 bridgehead atoms. The van der Waals surface area contributed by atoms with Gasteiger partial charge in [-0.25, -0.2) is 4.79 Å². The fourth-order valence-corrected chi connectivity index (χ4v) is 3.82. The summed E-state index contributed by atoms with van der Waals surface area (Å²) >= 11 is 0. The van der Waals surface area contributed by atoms with Crippen molar-refractivity contribution >= 4 is 11.5 Å². The first-order chi connectivity index (χ1) is 16.5. The van der Waals surface area contributed by atoms with Crippen molar-refractivity contribution in [2.45, 2.75) is 46.1 Å². The zero-order valence-electron chi connectivity index (χ0n) is 20.3. The third-order valence-electron chi connectivity index (χ3n) is 5.65. The lowest BCUT2D eigenvalue weighted by atomic mass is 10.2. The molecule has 4 rings (SSSR count). The topological polar surface area (TPSA) is 84.1 Å². The van der Waals surface area contributed by atoms with E-state index in [2.05, 4.69) is 31.1 Å². The van der Waals surface area contributed by atoms with E-state index in [4.69, 9.17) is 10.1 Å². The third-order valence-corrected chi connectivity index (χ3v) is 5.65. The first-order valence-electron chi connectivity index (χ1n) is 11.9. The fourth-order valence-electron chi connectivity index (χ4n) is 3.82. The Kier molecular flexibility index (Phi) is 8.87. The first kappa shape index (κ1) is 25.1. The highest BCUT2D eigenvalue weighted by molar-refractivity contribution is 6.00. The van der Waals surface area contributed by atoms with Gasteiger partial charge in [0.1, 0.15) is 23.0 Å². The largest absolute Gasteiger partial charge is 0.457 e. The molecule has 0 aliphatic carbocycles. The van der Waals surface area contributed by atoms with Crippen LogP contribution in [0.3, 0.4) is 0 Å². The molecular weight excluding hydrogens is 426 g/mol. The van der Waals surface area contributed by atoms with E-state index in [1.807, 2.05) is 54.6 Å².